The van der Waals surface area contributed by atoms with Gasteiger partial charge in [-0.25, -0.2) is 0 Å². The molecule has 0 aromatic heterocycles. The molecule has 4 N–H and O–H groups in total. The number of nitrogens with two attached hydrogens (primary N) is 2. The Bertz CT molecular complexity index is 438. The summed E-state index contributed by atoms with van der Waals surface area (Å²) in [4.78, 5) is 14.8. The molecule has 2 rings (SSSR count). The molecule has 1 aromatic rings. The Hall–Kier alpha value is -2.24. The highest BCUT2D eigenvalue weighted by molar-refractivity contribution is 6.02. The summed E-state index contributed by atoms with van der Waals surface area (Å²) in [6.07, 6.45) is 0. The number of carbonyl (C=O) groups excluding carboxylic acids is 1. The van der Waals surface area contributed by atoms with Crippen molar-refractivity contribution in [2.45, 2.75) is 0 Å². The SMILES string of the molecule is NC(N)=NC(=O)c1ccc2c(c1)OCO2. The minimum atomic E-state index is -0.506. The van der Waals surface area contributed by atoms with Crippen LogP contribution >= 0.6 is 0 Å². The van der Waals surface area contributed by atoms with Gasteiger partial charge in [0.05, 0.1) is 0 Å². The molecule has 6 nitrogen and oxygen atoms in total. The number of nitrogens with zero attached hydrogens (tertiary/aromatic N) is 1. The van der Waals surface area contributed by atoms with Crippen LogP contribution in [0.5, 0.6) is 11.5 Å². The smallest absolute Gasteiger partial charge is 0.280 e. The van der Waals surface area contributed by atoms with Crippen LogP contribution in [0.2, 0.25) is 0 Å². The molecule has 6 heteroatoms. The lowest BCUT2D eigenvalue weighted by Gasteiger charge is -1.98. The van der Waals surface area contributed by atoms with Gasteiger partial charge in [0.2, 0.25) is 6.79 Å². The van der Waals surface area contributed by atoms with E-state index in [2.05, 4.69) is 4.99 Å². The van der Waals surface area contributed by atoms with Crippen LogP contribution in [0, 0.1) is 0 Å². The van der Waals surface area contributed by atoms with Crippen molar-refractivity contribution in [1.82, 2.24) is 0 Å². The van der Waals surface area contributed by atoms with Crippen molar-refractivity contribution >= 4 is 11.9 Å². The van der Waals surface area contributed by atoms with Gasteiger partial charge in [-0.3, -0.25) is 4.79 Å². The molecule has 1 aliphatic rings. The normalized spacial score (nSPS) is 12.3. The Balaban J connectivity index is 2.31. The van der Waals surface area contributed by atoms with Gasteiger partial charge in [0.15, 0.2) is 17.5 Å². The quantitative estimate of drug-likeness (QED) is 0.492. The summed E-state index contributed by atoms with van der Waals surface area (Å²) in [7, 11) is 0. The summed E-state index contributed by atoms with van der Waals surface area (Å²) < 4.78 is 10.2. The van der Waals surface area contributed by atoms with Crippen LogP contribution in [-0.4, -0.2) is 18.7 Å². The van der Waals surface area contributed by atoms with Crippen LogP contribution in [0.25, 0.3) is 0 Å². The summed E-state index contributed by atoms with van der Waals surface area (Å²) in [5, 5.41) is 0. The number of guanidine groups is 1. The Kier molecular flexibility index (Phi) is 2.17. The molecule has 1 heterocycles. The lowest BCUT2D eigenvalue weighted by Crippen LogP contribution is -2.24. The van der Waals surface area contributed by atoms with Gasteiger partial charge >= 0.3 is 0 Å². The van der Waals surface area contributed by atoms with Crippen LogP contribution in [-0.2, 0) is 0 Å². The first kappa shape index (κ1) is 9.32. The summed E-state index contributed by atoms with van der Waals surface area (Å²) in [5.74, 6) is 0.355. The first-order valence-electron chi connectivity index (χ1n) is 4.20. The Morgan fingerprint density at radius 2 is 2.00 bits per heavy atom. The Morgan fingerprint density at radius 3 is 2.73 bits per heavy atom. The molecule has 15 heavy (non-hydrogen) atoms. The van der Waals surface area contributed by atoms with Gasteiger partial charge in [0, 0.05) is 5.56 Å². The number of hydrogen-bond acceptors (Lipinski definition) is 3. The van der Waals surface area contributed by atoms with E-state index in [1.165, 1.54) is 6.07 Å². The molecule has 0 spiro atoms. The van der Waals surface area contributed by atoms with E-state index in [1.807, 2.05) is 0 Å². The third-order valence-electron chi connectivity index (χ3n) is 1.85. The molecule has 1 aromatic carbocycles. The summed E-state index contributed by atoms with van der Waals surface area (Å²) in [6.45, 7) is 0.162. The van der Waals surface area contributed by atoms with Gasteiger partial charge in [0.25, 0.3) is 5.91 Å². The lowest BCUT2D eigenvalue weighted by atomic mass is 10.2. The van der Waals surface area contributed by atoms with E-state index in [9.17, 15) is 4.79 Å². The maximum absolute atomic E-state index is 11.4. The van der Waals surface area contributed by atoms with Crippen molar-refractivity contribution in [3.63, 3.8) is 0 Å². The number of amides is 1. The molecule has 0 atom stereocenters. The molecule has 0 fully saturated rings. The number of rotatable bonds is 1. The number of benzene rings is 1. The minimum absolute atomic E-state index is 0.162. The number of hydrogen-bond donors (Lipinski definition) is 2. The zero-order valence-corrected chi connectivity index (χ0v) is 7.77. The lowest BCUT2D eigenvalue weighted by molar-refractivity contribution is 0.100. The van der Waals surface area contributed by atoms with Gasteiger partial charge in [-0.2, -0.15) is 4.99 Å². The predicted molar refractivity (Wildman–Crippen MR) is 52.7 cm³/mol. The highest BCUT2D eigenvalue weighted by atomic mass is 16.7. The van der Waals surface area contributed by atoms with Crippen LogP contribution < -0.4 is 20.9 Å². The van der Waals surface area contributed by atoms with Gasteiger partial charge in [-0.05, 0) is 18.2 Å². The number of fused-ring (bicyclic) bond motifs is 1. The molecule has 1 amide bonds. The van der Waals surface area contributed by atoms with E-state index >= 15 is 0 Å². The van der Waals surface area contributed by atoms with Crippen molar-refractivity contribution in [3.8, 4) is 11.5 Å². The molecule has 0 bridgehead atoms. The Labute approximate surface area is 85.5 Å². The third-order valence-corrected chi connectivity index (χ3v) is 1.85. The average Bonchev–Trinajstić information content (AvgIpc) is 2.62. The van der Waals surface area contributed by atoms with Crippen LogP contribution in [0.1, 0.15) is 10.4 Å². The second kappa shape index (κ2) is 3.49. The molecule has 78 valence electrons. The number of carbonyl (C=O) groups is 1. The van der Waals surface area contributed by atoms with E-state index in [0.29, 0.717) is 17.1 Å². The fourth-order valence-electron chi connectivity index (χ4n) is 1.21. The molecule has 0 saturated heterocycles. The molecular weight excluding hydrogens is 198 g/mol. The molecule has 0 aliphatic carbocycles. The van der Waals surface area contributed by atoms with E-state index in [0.717, 1.165) is 0 Å². The highest BCUT2D eigenvalue weighted by Gasteiger charge is 2.15. The first-order valence-corrected chi connectivity index (χ1v) is 4.20. The summed E-state index contributed by atoms with van der Waals surface area (Å²) in [5.41, 5.74) is 10.5. The van der Waals surface area contributed by atoms with Crippen LogP contribution in [0.4, 0.5) is 0 Å². The minimum Gasteiger partial charge on any atom is -0.454 e. The third kappa shape index (κ3) is 1.83. The van der Waals surface area contributed by atoms with Crippen LogP contribution in [0.3, 0.4) is 0 Å². The second-order valence-corrected chi connectivity index (χ2v) is 2.91. The van der Waals surface area contributed by atoms with E-state index in [4.69, 9.17) is 20.9 Å². The fourth-order valence-corrected chi connectivity index (χ4v) is 1.21. The molecule has 0 saturated carbocycles. The average molecular weight is 207 g/mol. The molecule has 0 radical (unpaired) electrons. The predicted octanol–water partition coefficient (Wildman–Crippen LogP) is -0.171. The van der Waals surface area contributed by atoms with Crippen molar-refractivity contribution in [3.05, 3.63) is 23.8 Å². The van der Waals surface area contributed by atoms with E-state index < -0.39 is 5.91 Å². The van der Waals surface area contributed by atoms with Crippen molar-refractivity contribution in [1.29, 1.82) is 0 Å². The van der Waals surface area contributed by atoms with Gasteiger partial charge in [-0.1, -0.05) is 0 Å². The molecule has 0 unspecified atom stereocenters. The monoisotopic (exact) mass is 207 g/mol. The standard InChI is InChI=1S/C9H9N3O3/c10-9(11)12-8(13)5-1-2-6-7(3-5)15-4-14-6/h1-3H,4H2,(H4,10,11,12,13). The maximum atomic E-state index is 11.4. The zero-order chi connectivity index (χ0) is 10.8. The van der Waals surface area contributed by atoms with Gasteiger partial charge in [0.1, 0.15) is 0 Å². The first-order chi connectivity index (χ1) is 7.16. The van der Waals surface area contributed by atoms with Crippen molar-refractivity contribution < 1.29 is 14.3 Å². The van der Waals surface area contributed by atoms with Crippen molar-refractivity contribution in [2.75, 3.05) is 6.79 Å². The largest absolute Gasteiger partial charge is 0.454 e. The summed E-state index contributed by atoms with van der Waals surface area (Å²) in [6, 6.07) is 4.75. The molecular formula is C9H9N3O3. The van der Waals surface area contributed by atoms with Crippen molar-refractivity contribution in [2.24, 2.45) is 16.5 Å². The van der Waals surface area contributed by atoms with E-state index in [1.54, 1.807) is 12.1 Å². The topological polar surface area (TPSA) is 99.9 Å². The highest BCUT2D eigenvalue weighted by Crippen LogP contribution is 2.32. The van der Waals surface area contributed by atoms with Gasteiger partial charge < -0.3 is 20.9 Å². The number of ether oxygens (including phenoxy) is 2. The summed E-state index contributed by atoms with van der Waals surface area (Å²) >= 11 is 0. The van der Waals surface area contributed by atoms with E-state index in [-0.39, 0.29) is 12.8 Å². The maximum Gasteiger partial charge on any atom is 0.280 e. The second-order valence-electron chi connectivity index (χ2n) is 2.91. The molecule has 1 aliphatic heterocycles. The van der Waals surface area contributed by atoms with Gasteiger partial charge in [-0.15, -0.1) is 0 Å². The fraction of sp³-hybridized carbons (Fsp3) is 0.111. The van der Waals surface area contributed by atoms with Crippen LogP contribution in [0.15, 0.2) is 23.2 Å². The number of aliphatic imine (C=N–C) groups is 1. The Morgan fingerprint density at radius 1 is 1.27 bits per heavy atom. The zero-order valence-electron chi connectivity index (χ0n) is 7.77.